The Bertz CT molecular complexity index is 461. The minimum Gasteiger partial charge on any atom is -0.313 e. The highest BCUT2D eigenvalue weighted by molar-refractivity contribution is 9.10. The molecule has 0 aliphatic heterocycles. The Balaban J connectivity index is 2.06. The highest BCUT2D eigenvalue weighted by Gasteiger charge is 2.03. The fraction of sp³-hybridized carbons (Fsp3) is 0.286. The normalized spacial score (nSPS) is 10.7. The maximum atomic E-state index is 3.57. The molecule has 0 unspecified atom stereocenters. The van der Waals surface area contributed by atoms with Crippen molar-refractivity contribution in [2.24, 2.45) is 0 Å². The lowest BCUT2D eigenvalue weighted by Gasteiger charge is -2.04. The zero-order chi connectivity index (χ0) is 12.1. The lowest BCUT2D eigenvalue weighted by molar-refractivity contribution is 0.675. The summed E-state index contributed by atoms with van der Waals surface area (Å²) in [5.41, 5.74) is 2.63. The minimum atomic E-state index is 0.958. The second-order valence-corrected chi connectivity index (χ2v) is 5.74. The van der Waals surface area contributed by atoms with Crippen LogP contribution < -0.4 is 5.32 Å². The van der Waals surface area contributed by atoms with Gasteiger partial charge in [0.25, 0.3) is 0 Å². The van der Waals surface area contributed by atoms with Crippen molar-refractivity contribution < 1.29 is 0 Å². The second-order valence-electron chi connectivity index (χ2n) is 3.97. The summed E-state index contributed by atoms with van der Waals surface area (Å²) >= 11 is 5.34. The quantitative estimate of drug-likeness (QED) is 0.791. The first kappa shape index (κ1) is 12.8. The summed E-state index contributed by atoms with van der Waals surface area (Å²) in [4.78, 5) is 1.30. The van der Waals surface area contributed by atoms with Crippen LogP contribution in [0.15, 0.2) is 40.2 Å². The average Bonchev–Trinajstić information content (AvgIpc) is 2.77. The van der Waals surface area contributed by atoms with Gasteiger partial charge in [-0.15, -0.1) is 11.3 Å². The van der Waals surface area contributed by atoms with Crippen molar-refractivity contribution >= 4 is 27.3 Å². The van der Waals surface area contributed by atoms with E-state index in [0.717, 1.165) is 13.1 Å². The maximum Gasteiger partial charge on any atom is 0.0484 e. The van der Waals surface area contributed by atoms with Gasteiger partial charge in [0.2, 0.25) is 0 Å². The van der Waals surface area contributed by atoms with Crippen LogP contribution in [0.2, 0.25) is 0 Å². The third kappa shape index (κ3) is 3.41. The Morgan fingerprint density at radius 1 is 1.18 bits per heavy atom. The van der Waals surface area contributed by atoms with Crippen LogP contribution in [0.1, 0.15) is 18.9 Å². The van der Waals surface area contributed by atoms with Crippen LogP contribution in [0, 0.1) is 0 Å². The molecule has 0 radical (unpaired) electrons. The summed E-state index contributed by atoms with van der Waals surface area (Å²) in [5.74, 6) is 0. The molecule has 1 aromatic heterocycles. The summed E-state index contributed by atoms with van der Waals surface area (Å²) in [7, 11) is 0. The molecular weight excluding hydrogens is 294 g/mol. The Labute approximate surface area is 115 Å². The van der Waals surface area contributed by atoms with Gasteiger partial charge in [-0.25, -0.2) is 0 Å². The van der Waals surface area contributed by atoms with Crippen molar-refractivity contribution in [1.29, 1.82) is 0 Å². The zero-order valence-electron chi connectivity index (χ0n) is 9.87. The van der Waals surface area contributed by atoms with E-state index < -0.39 is 0 Å². The van der Waals surface area contributed by atoms with Gasteiger partial charge in [0.1, 0.15) is 0 Å². The summed E-state index contributed by atoms with van der Waals surface area (Å²) in [5, 5.41) is 5.52. The molecule has 90 valence electrons. The van der Waals surface area contributed by atoms with Gasteiger partial charge in [-0.05, 0) is 51.5 Å². The third-order valence-electron chi connectivity index (χ3n) is 2.59. The van der Waals surface area contributed by atoms with E-state index in [9.17, 15) is 0 Å². The molecule has 17 heavy (non-hydrogen) atoms. The minimum absolute atomic E-state index is 0.958. The summed E-state index contributed by atoms with van der Waals surface area (Å²) in [6.45, 7) is 4.22. The van der Waals surface area contributed by atoms with E-state index in [1.54, 1.807) is 11.3 Å². The van der Waals surface area contributed by atoms with Gasteiger partial charge >= 0.3 is 0 Å². The summed E-state index contributed by atoms with van der Waals surface area (Å²) in [6, 6.07) is 10.9. The number of benzene rings is 1. The standard InChI is InChI=1S/C14H16BrNS/c1-2-8-16-10-11-3-5-12(6-4-11)14-13(15)7-9-17-14/h3-7,9,16H,2,8,10H2,1H3. The van der Waals surface area contributed by atoms with Crippen molar-refractivity contribution in [2.45, 2.75) is 19.9 Å². The zero-order valence-corrected chi connectivity index (χ0v) is 12.3. The van der Waals surface area contributed by atoms with Gasteiger partial charge < -0.3 is 5.32 Å². The van der Waals surface area contributed by atoms with Gasteiger partial charge in [-0.1, -0.05) is 31.2 Å². The van der Waals surface area contributed by atoms with Crippen molar-refractivity contribution in [3.05, 3.63) is 45.7 Å². The Morgan fingerprint density at radius 2 is 1.94 bits per heavy atom. The van der Waals surface area contributed by atoms with Crippen LogP contribution >= 0.6 is 27.3 Å². The van der Waals surface area contributed by atoms with Crippen LogP contribution in [0.4, 0.5) is 0 Å². The molecule has 0 aliphatic carbocycles. The Kier molecular flexibility index (Phi) is 4.77. The van der Waals surface area contributed by atoms with Gasteiger partial charge in [0.15, 0.2) is 0 Å². The van der Waals surface area contributed by atoms with E-state index in [-0.39, 0.29) is 0 Å². The molecule has 1 heterocycles. The van der Waals surface area contributed by atoms with Crippen molar-refractivity contribution in [2.75, 3.05) is 6.54 Å². The molecule has 1 aromatic carbocycles. The van der Waals surface area contributed by atoms with E-state index in [0.29, 0.717) is 0 Å². The number of hydrogen-bond acceptors (Lipinski definition) is 2. The smallest absolute Gasteiger partial charge is 0.0484 e. The number of thiophene rings is 1. The lowest BCUT2D eigenvalue weighted by Crippen LogP contribution is -2.13. The third-order valence-corrected chi connectivity index (χ3v) is 4.48. The van der Waals surface area contributed by atoms with Crippen LogP contribution in [0.5, 0.6) is 0 Å². The lowest BCUT2D eigenvalue weighted by atomic mass is 10.1. The fourth-order valence-electron chi connectivity index (χ4n) is 1.68. The molecular formula is C14H16BrNS. The van der Waals surface area contributed by atoms with E-state index >= 15 is 0 Å². The SMILES string of the molecule is CCCNCc1ccc(-c2sccc2Br)cc1. The van der Waals surface area contributed by atoms with E-state index in [1.807, 2.05) is 0 Å². The predicted molar refractivity (Wildman–Crippen MR) is 79.5 cm³/mol. The molecule has 0 bridgehead atoms. The van der Waals surface area contributed by atoms with Gasteiger partial charge in [0, 0.05) is 15.9 Å². The highest BCUT2D eigenvalue weighted by atomic mass is 79.9. The van der Waals surface area contributed by atoms with Gasteiger partial charge in [-0.3, -0.25) is 0 Å². The van der Waals surface area contributed by atoms with Crippen molar-refractivity contribution in [3.8, 4) is 10.4 Å². The first-order chi connectivity index (χ1) is 8.31. The molecule has 3 heteroatoms. The van der Waals surface area contributed by atoms with Crippen LogP contribution in [0.25, 0.3) is 10.4 Å². The fourth-order valence-corrected chi connectivity index (χ4v) is 3.29. The largest absolute Gasteiger partial charge is 0.313 e. The molecule has 0 spiro atoms. The summed E-state index contributed by atoms with van der Waals surface area (Å²) in [6.07, 6.45) is 1.18. The number of halogens is 1. The predicted octanol–water partition coefficient (Wildman–Crippen LogP) is 4.68. The monoisotopic (exact) mass is 309 g/mol. The average molecular weight is 310 g/mol. The molecule has 1 N–H and O–H groups in total. The Morgan fingerprint density at radius 3 is 2.53 bits per heavy atom. The Hall–Kier alpha value is -0.640. The highest BCUT2D eigenvalue weighted by Crippen LogP contribution is 2.33. The van der Waals surface area contributed by atoms with Crippen molar-refractivity contribution in [1.82, 2.24) is 5.32 Å². The number of rotatable bonds is 5. The topological polar surface area (TPSA) is 12.0 Å². The van der Waals surface area contributed by atoms with Crippen LogP contribution in [-0.2, 0) is 6.54 Å². The molecule has 0 fully saturated rings. The first-order valence-corrected chi connectivity index (χ1v) is 7.51. The molecule has 2 aromatic rings. The van der Waals surface area contributed by atoms with E-state index in [1.165, 1.54) is 26.9 Å². The van der Waals surface area contributed by atoms with Gasteiger partial charge in [-0.2, -0.15) is 0 Å². The molecule has 1 nitrogen and oxygen atoms in total. The number of nitrogens with one attached hydrogen (secondary N) is 1. The maximum absolute atomic E-state index is 3.57. The van der Waals surface area contributed by atoms with Gasteiger partial charge in [0.05, 0.1) is 0 Å². The number of hydrogen-bond donors (Lipinski definition) is 1. The molecule has 0 saturated carbocycles. The van der Waals surface area contributed by atoms with Crippen LogP contribution in [0.3, 0.4) is 0 Å². The first-order valence-electron chi connectivity index (χ1n) is 5.84. The second kappa shape index (κ2) is 6.34. The van der Waals surface area contributed by atoms with E-state index in [2.05, 4.69) is 63.9 Å². The molecule has 2 rings (SSSR count). The van der Waals surface area contributed by atoms with E-state index in [4.69, 9.17) is 0 Å². The molecule has 0 aliphatic rings. The molecule has 0 saturated heterocycles. The van der Waals surface area contributed by atoms with Crippen molar-refractivity contribution in [3.63, 3.8) is 0 Å². The molecule has 0 atom stereocenters. The summed E-state index contributed by atoms with van der Waals surface area (Å²) < 4.78 is 1.18. The van der Waals surface area contributed by atoms with Crippen LogP contribution in [-0.4, -0.2) is 6.54 Å². The molecule has 0 amide bonds.